The number of nitrogens with zero attached hydrogens (tertiary/aromatic N) is 3. The third-order valence-electron chi connectivity index (χ3n) is 4.82. The average molecular weight is 421 g/mol. The molecule has 0 spiro atoms. The predicted molar refractivity (Wildman–Crippen MR) is 118 cm³/mol. The first-order valence-corrected chi connectivity index (χ1v) is 9.52. The SMILES string of the molecule is CC(=O)O.Nc1ncc(CN2CCc3ccc(-c4ccc(C(=O)O)cc4)cc32)c(N)n1. The molecule has 0 saturated carbocycles. The van der Waals surface area contributed by atoms with E-state index in [4.69, 9.17) is 26.5 Å². The van der Waals surface area contributed by atoms with Crippen molar-refractivity contribution in [2.45, 2.75) is 19.9 Å². The molecule has 0 aliphatic carbocycles. The van der Waals surface area contributed by atoms with Crippen molar-refractivity contribution < 1.29 is 19.8 Å². The van der Waals surface area contributed by atoms with Crippen LogP contribution in [0.3, 0.4) is 0 Å². The maximum Gasteiger partial charge on any atom is 0.335 e. The Hall–Kier alpha value is -4.14. The number of hydrogen-bond donors (Lipinski definition) is 4. The quantitative estimate of drug-likeness (QED) is 0.497. The molecule has 4 rings (SSSR count). The van der Waals surface area contributed by atoms with Crippen molar-refractivity contribution >= 4 is 29.4 Å². The molecule has 9 heteroatoms. The van der Waals surface area contributed by atoms with Crippen LogP contribution in [0.25, 0.3) is 11.1 Å². The van der Waals surface area contributed by atoms with Crippen molar-refractivity contribution in [1.29, 1.82) is 0 Å². The second-order valence-corrected chi connectivity index (χ2v) is 7.06. The van der Waals surface area contributed by atoms with Gasteiger partial charge in [0.2, 0.25) is 5.95 Å². The number of fused-ring (bicyclic) bond motifs is 1. The van der Waals surface area contributed by atoms with Crippen molar-refractivity contribution in [2.75, 3.05) is 22.9 Å². The Morgan fingerprint density at radius 1 is 1.06 bits per heavy atom. The highest BCUT2D eigenvalue weighted by Gasteiger charge is 2.21. The van der Waals surface area contributed by atoms with E-state index < -0.39 is 11.9 Å². The maximum atomic E-state index is 11.0. The van der Waals surface area contributed by atoms with E-state index in [1.165, 1.54) is 5.56 Å². The molecule has 1 aliphatic rings. The van der Waals surface area contributed by atoms with E-state index in [0.29, 0.717) is 12.4 Å². The van der Waals surface area contributed by atoms with E-state index in [9.17, 15) is 4.79 Å². The number of aliphatic carboxylic acids is 1. The highest BCUT2D eigenvalue weighted by Crippen LogP contribution is 2.34. The number of carbonyl (C=O) groups is 2. The fraction of sp³-hybridized carbons (Fsp3) is 0.182. The van der Waals surface area contributed by atoms with Gasteiger partial charge in [-0.3, -0.25) is 4.79 Å². The lowest BCUT2D eigenvalue weighted by molar-refractivity contribution is -0.134. The summed E-state index contributed by atoms with van der Waals surface area (Å²) >= 11 is 0. The smallest absolute Gasteiger partial charge is 0.335 e. The Kier molecular flexibility index (Phi) is 6.35. The van der Waals surface area contributed by atoms with Gasteiger partial charge in [-0.15, -0.1) is 0 Å². The van der Waals surface area contributed by atoms with Crippen molar-refractivity contribution in [3.63, 3.8) is 0 Å². The van der Waals surface area contributed by atoms with Crippen LogP contribution in [0.2, 0.25) is 0 Å². The van der Waals surface area contributed by atoms with E-state index in [1.807, 2.05) is 12.1 Å². The van der Waals surface area contributed by atoms with Crippen LogP contribution in [0.5, 0.6) is 0 Å². The number of aromatic carboxylic acids is 1. The minimum atomic E-state index is -0.926. The number of nitrogen functional groups attached to an aromatic ring is 2. The van der Waals surface area contributed by atoms with E-state index in [-0.39, 0.29) is 11.5 Å². The Morgan fingerprint density at radius 3 is 2.32 bits per heavy atom. The first-order valence-electron chi connectivity index (χ1n) is 9.52. The van der Waals surface area contributed by atoms with Gasteiger partial charge in [0, 0.05) is 37.5 Å². The Labute approximate surface area is 179 Å². The van der Waals surface area contributed by atoms with Crippen LogP contribution >= 0.6 is 0 Å². The van der Waals surface area contributed by atoms with Gasteiger partial charge in [0.05, 0.1) is 5.56 Å². The van der Waals surface area contributed by atoms with Crippen LogP contribution in [-0.4, -0.2) is 38.7 Å². The monoisotopic (exact) mass is 421 g/mol. The molecule has 0 saturated heterocycles. The summed E-state index contributed by atoms with van der Waals surface area (Å²) in [6.07, 6.45) is 2.63. The van der Waals surface area contributed by atoms with Gasteiger partial charge in [-0.1, -0.05) is 24.3 Å². The summed E-state index contributed by atoms with van der Waals surface area (Å²) in [6.45, 7) is 2.58. The highest BCUT2D eigenvalue weighted by atomic mass is 16.4. The fourth-order valence-electron chi connectivity index (χ4n) is 3.36. The lowest BCUT2D eigenvalue weighted by atomic mass is 10.0. The number of carboxylic acid groups (broad SMARTS) is 2. The van der Waals surface area contributed by atoms with E-state index in [1.54, 1.807) is 18.3 Å². The van der Waals surface area contributed by atoms with E-state index in [2.05, 4.69) is 33.1 Å². The minimum absolute atomic E-state index is 0.171. The van der Waals surface area contributed by atoms with Crippen LogP contribution in [0.15, 0.2) is 48.7 Å². The number of anilines is 3. The molecule has 1 aliphatic heterocycles. The normalized spacial score (nSPS) is 12.0. The summed E-state index contributed by atoms with van der Waals surface area (Å²) in [6, 6.07) is 13.2. The zero-order valence-electron chi connectivity index (χ0n) is 16.9. The van der Waals surface area contributed by atoms with Crippen molar-refractivity contribution in [3.8, 4) is 11.1 Å². The molecule has 1 aromatic heterocycles. The number of benzene rings is 2. The first-order chi connectivity index (χ1) is 14.7. The second-order valence-electron chi connectivity index (χ2n) is 7.06. The molecule has 9 nitrogen and oxygen atoms in total. The number of rotatable bonds is 4. The molecule has 0 amide bonds. The van der Waals surface area contributed by atoms with Gasteiger partial charge in [0.1, 0.15) is 5.82 Å². The minimum Gasteiger partial charge on any atom is -0.481 e. The molecule has 0 bridgehead atoms. The molecular weight excluding hydrogens is 398 g/mol. The van der Waals surface area contributed by atoms with Crippen molar-refractivity contribution in [1.82, 2.24) is 9.97 Å². The van der Waals surface area contributed by atoms with Crippen LogP contribution < -0.4 is 16.4 Å². The third kappa shape index (κ3) is 5.27. The van der Waals surface area contributed by atoms with Gasteiger partial charge < -0.3 is 26.6 Å². The van der Waals surface area contributed by atoms with Gasteiger partial charge >= 0.3 is 5.97 Å². The summed E-state index contributed by atoms with van der Waals surface area (Å²) in [4.78, 5) is 30.3. The van der Waals surface area contributed by atoms with Crippen molar-refractivity contribution in [3.05, 3.63) is 65.4 Å². The lowest BCUT2D eigenvalue weighted by Gasteiger charge is -2.20. The van der Waals surface area contributed by atoms with Crippen LogP contribution in [0.1, 0.15) is 28.4 Å². The van der Waals surface area contributed by atoms with Gasteiger partial charge in [-0.05, 0) is 41.3 Å². The summed E-state index contributed by atoms with van der Waals surface area (Å²) in [7, 11) is 0. The summed E-state index contributed by atoms with van der Waals surface area (Å²) < 4.78 is 0. The number of carboxylic acids is 2. The molecule has 2 aromatic carbocycles. The number of nitrogens with two attached hydrogens (primary N) is 2. The number of aromatic nitrogens is 2. The molecule has 0 radical (unpaired) electrons. The molecule has 0 fully saturated rings. The fourth-order valence-corrected chi connectivity index (χ4v) is 3.36. The van der Waals surface area contributed by atoms with E-state index >= 15 is 0 Å². The maximum absolute atomic E-state index is 11.0. The Morgan fingerprint density at radius 2 is 1.71 bits per heavy atom. The molecule has 0 unspecified atom stereocenters. The number of hydrogen-bond acceptors (Lipinski definition) is 7. The third-order valence-corrected chi connectivity index (χ3v) is 4.82. The average Bonchev–Trinajstić information content (AvgIpc) is 3.12. The van der Waals surface area contributed by atoms with Gasteiger partial charge in [-0.25, -0.2) is 9.78 Å². The second kappa shape index (κ2) is 9.12. The van der Waals surface area contributed by atoms with Crippen molar-refractivity contribution in [2.24, 2.45) is 0 Å². The molecule has 6 N–H and O–H groups in total. The first kappa shape index (κ1) is 21.6. The molecule has 2 heterocycles. The summed E-state index contributed by atoms with van der Waals surface area (Å²) in [5.74, 6) is -1.19. The molecule has 0 atom stereocenters. The molecule has 160 valence electrons. The Balaban J connectivity index is 0.000000628. The molecule has 31 heavy (non-hydrogen) atoms. The Bertz CT molecular complexity index is 1110. The van der Waals surface area contributed by atoms with Crippen LogP contribution in [0, 0.1) is 0 Å². The summed E-state index contributed by atoms with van der Waals surface area (Å²) in [5, 5.41) is 16.5. The standard InChI is InChI=1S/C20H19N5O2.C2H4O2/c21-18-16(10-23-20(22)24-18)11-25-8-7-13-3-6-15(9-17(13)25)12-1-4-14(5-2-12)19(26)27;1-2(3)4/h1-6,9-10H,7-8,11H2,(H,26,27)(H4,21,22,23,24);1H3,(H,3,4). The lowest BCUT2D eigenvalue weighted by Crippen LogP contribution is -2.21. The predicted octanol–water partition coefficient (Wildman–Crippen LogP) is 2.66. The highest BCUT2D eigenvalue weighted by molar-refractivity contribution is 5.88. The van der Waals surface area contributed by atoms with Gasteiger partial charge in [0.15, 0.2) is 0 Å². The molecule has 3 aromatic rings. The topological polar surface area (TPSA) is 156 Å². The van der Waals surface area contributed by atoms with Crippen LogP contribution in [0.4, 0.5) is 17.5 Å². The zero-order valence-corrected chi connectivity index (χ0v) is 16.9. The van der Waals surface area contributed by atoms with Gasteiger partial charge in [0.25, 0.3) is 5.97 Å². The van der Waals surface area contributed by atoms with Crippen LogP contribution in [-0.2, 0) is 17.8 Å². The van der Waals surface area contributed by atoms with Gasteiger partial charge in [-0.2, -0.15) is 4.98 Å². The largest absolute Gasteiger partial charge is 0.481 e. The van der Waals surface area contributed by atoms with E-state index in [0.717, 1.165) is 42.3 Å². The summed E-state index contributed by atoms with van der Waals surface area (Å²) in [5.41, 5.74) is 17.1. The molecular formula is C22H23N5O4. The zero-order chi connectivity index (χ0) is 22.5.